The molecule has 0 unspecified atom stereocenters. The molecule has 1 aliphatic carbocycles. The summed E-state index contributed by atoms with van der Waals surface area (Å²) < 4.78 is 4.98. The van der Waals surface area contributed by atoms with Gasteiger partial charge in [0.25, 0.3) is 11.8 Å². The Balaban J connectivity index is 1.66. The van der Waals surface area contributed by atoms with Crippen LogP contribution in [0.25, 0.3) is 0 Å². The number of amides is 2. The monoisotopic (exact) mass is 407 g/mol. The standard InChI is InChI=1S/C18H18ClN3O4S/c1-9-2-4-11-12(6-9)27-17(15(11)16(20)24)22-14(23)8-26-18(25)10-3-5-13(19)21-7-10/h3,5,7,9H,2,4,6,8H2,1H3,(H2,20,24)(H,22,23)/t9-/m1/s1. The Morgan fingerprint density at radius 1 is 1.41 bits per heavy atom. The molecular formula is C18H18ClN3O4S. The van der Waals surface area contributed by atoms with Crippen LogP contribution in [0, 0.1) is 5.92 Å². The molecule has 0 saturated carbocycles. The minimum absolute atomic E-state index is 0.186. The largest absolute Gasteiger partial charge is 0.452 e. The zero-order valence-corrected chi connectivity index (χ0v) is 16.2. The smallest absolute Gasteiger partial charge is 0.340 e. The van der Waals surface area contributed by atoms with Gasteiger partial charge in [-0.15, -0.1) is 11.3 Å². The lowest BCUT2D eigenvalue weighted by molar-refractivity contribution is -0.119. The van der Waals surface area contributed by atoms with Gasteiger partial charge in [-0.3, -0.25) is 9.59 Å². The maximum Gasteiger partial charge on any atom is 0.340 e. The molecule has 0 aliphatic heterocycles. The zero-order valence-electron chi connectivity index (χ0n) is 14.6. The summed E-state index contributed by atoms with van der Waals surface area (Å²) in [6.07, 6.45) is 3.86. The van der Waals surface area contributed by atoms with E-state index < -0.39 is 24.4 Å². The predicted octanol–water partition coefficient (Wildman–Crippen LogP) is 2.82. The van der Waals surface area contributed by atoms with Crippen LogP contribution in [0.15, 0.2) is 18.3 Å². The number of nitrogens with two attached hydrogens (primary N) is 1. The highest BCUT2D eigenvalue weighted by Gasteiger charge is 2.27. The van der Waals surface area contributed by atoms with E-state index in [0.717, 1.165) is 29.7 Å². The van der Waals surface area contributed by atoms with Gasteiger partial charge in [0.05, 0.1) is 11.1 Å². The number of rotatable bonds is 5. The number of thiophene rings is 1. The van der Waals surface area contributed by atoms with Crippen LogP contribution in [-0.4, -0.2) is 29.4 Å². The van der Waals surface area contributed by atoms with Gasteiger partial charge in [0.15, 0.2) is 6.61 Å². The lowest BCUT2D eigenvalue weighted by Crippen LogP contribution is -2.23. The molecule has 1 atom stereocenters. The van der Waals surface area contributed by atoms with Crippen LogP contribution in [0.1, 0.15) is 44.5 Å². The van der Waals surface area contributed by atoms with Crippen LogP contribution >= 0.6 is 22.9 Å². The number of halogens is 1. The maximum atomic E-state index is 12.2. The van der Waals surface area contributed by atoms with Crippen molar-refractivity contribution in [3.8, 4) is 0 Å². The Labute approximate surface area is 164 Å². The van der Waals surface area contributed by atoms with Gasteiger partial charge in [0.1, 0.15) is 10.2 Å². The number of ether oxygens (including phenoxy) is 1. The second-order valence-corrected chi connectivity index (χ2v) is 7.91. The summed E-state index contributed by atoms with van der Waals surface area (Å²) in [5.41, 5.74) is 6.99. The summed E-state index contributed by atoms with van der Waals surface area (Å²) in [4.78, 5) is 40.8. The lowest BCUT2D eigenvalue weighted by Gasteiger charge is -2.18. The van der Waals surface area contributed by atoms with Crippen molar-refractivity contribution in [2.24, 2.45) is 11.7 Å². The molecule has 2 amide bonds. The minimum atomic E-state index is -0.691. The highest BCUT2D eigenvalue weighted by atomic mass is 35.5. The fourth-order valence-electron chi connectivity index (χ4n) is 2.97. The molecule has 2 aromatic heterocycles. The molecule has 3 rings (SSSR count). The molecule has 1 aliphatic rings. The summed E-state index contributed by atoms with van der Waals surface area (Å²) >= 11 is 7.02. The molecule has 27 heavy (non-hydrogen) atoms. The first kappa shape index (κ1) is 19.3. The van der Waals surface area contributed by atoms with Crippen molar-refractivity contribution < 1.29 is 19.1 Å². The highest BCUT2D eigenvalue weighted by molar-refractivity contribution is 7.17. The van der Waals surface area contributed by atoms with Crippen LogP contribution in [-0.2, 0) is 22.4 Å². The quantitative estimate of drug-likeness (QED) is 0.584. The number of nitrogens with zero attached hydrogens (tertiary/aromatic N) is 1. The number of nitrogens with one attached hydrogen (secondary N) is 1. The molecule has 0 fully saturated rings. The number of hydrogen-bond acceptors (Lipinski definition) is 6. The van der Waals surface area contributed by atoms with Gasteiger partial charge in [0.2, 0.25) is 0 Å². The van der Waals surface area contributed by atoms with E-state index in [0.29, 0.717) is 16.5 Å². The molecule has 0 radical (unpaired) electrons. The van der Waals surface area contributed by atoms with Gasteiger partial charge >= 0.3 is 5.97 Å². The van der Waals surface area contributed by atoms with Crippen molar-refractivity contribution in [3.63, 3.8) is 0 Å². The first-order valence-electron chi connectivity index (χ1n) is 8.38. The second kappa shape index (κ2) is 8.06. The molecular weight excluding hydrogens is 390 g/mol. The number of fused-ring (bicyclic) bond motifs is 1. The number of hydrogen-bond donors (Lipinski definition) is 2. The molecule has 7 nitrogen and oxygen atoms in total. The third-order valence-electron chi connectivity index (χ3n) is 4.31. The first-order valence-corrected chi connectivity index (χ1v) is 9.57. The Hall–Kier alpha value is -2.45. The summed E-state index contributed by atoms with van der Waals surface area (Å²) in [5, 5.41) is 3.31. The molecule has 9 heteroatoms. The fourth-order valence-corrected chi connectivity index (χ4v) is 4.52. The number of aromatic nitrogens is 1. The second-order valence-electron chi connectivity index (χ2n) is 6.41. The number of carbonyl (C=O) groups excluding carboxylic acids is 3. The summed E-state index contributed by atoms with van der Waals surface area (Å²) in [7, 11) is 0. The number of primary amides is 1. The van der Waals surface area contributed by atoms with Crippen molar-refractivity contribution in [2.45, 2.75) is 26.2 Å². The third kappa shape index (κ3) is 4.45. The average Bonchev–Trinajstić information content (AvgIpc) is 2.97. The fraction of sp³-hybridized carbons (Fsp3) is 0.333. The van der Waals surface area contributed by atoms with E-state index >= 15 is 0 Å². The Kier molecular flexibility index (Phi) is 5.76. The van der Waals surface area contributed by atoms with Crippen molar-refractivity contribution >= 4 is 45.7 Å². The van der Waals surface area contributed by atoms with E-state index in [4.69, 9.17) is 22.1 Å². The Morgan fingerprint density at radius 3 is 2.85 bits per heavy atom. The van der Waals surface area contributed by atoms with E-state index in [1.165, 1.54) is 29.7 Å². The van der Waals surface area contributed by atoms with Gasteiger partial charge in [0, 0.05) is 11.1 Å². The lowest BCUT2D eigenvalue weighted by atomic mass is 9.88. The van der Waals surface area contributed by atoms with Crippen LogP contribution in [0.5, 0.6) is 0 Å². The zero-order chi connectivity index (χ0) is 19.6. The van der Waals surface area contributed by atoms with Crippen molar-refractivity contribution in [1.29, 1.82) is 0 Å². The van der Waals surface area contributed by atoms with Gasteiger partial charge < -0.3 is 15.8 Å². The summed E-state index contributed by atoms with van der Waals surface area (Å²) in [6, 6.07) is 2.91. The number of carbonyl (C=O) groups is 3. The summed E-state index contributed by atoms with van der Waals surface area (Å²) in [5.74, 6) is -1.28. The molecule has 0 saturated heterocycles. The molecule has 0 aromatic carbocycles. The van der Waals surface area contributed by atoms with Gasteiger partial charge in [-0.1, -0.05) is 18.5 Å². The van der Waals surface area contributed by atoms with Crippen molar-refractivity contribution in [2.75, 3.05) is 11.9 Å². The number of pyridine rings is 1. The highest BCUT2D eigenvalue weighted by Crippen LogP contribution is 2.39. The Bertz CT molecular complexity index is 895. The maximum absolute atomic E-state index is 12.2. The van der Waals surface area contributed by atoms with Gasteiger partial charge in [-0.2, -0.15) is 0 Å². The van der Waals surface area contributed by atoms with E-state index in [9.17, 15) is 14.4 Å². The molecule has 0 bridgehead atoms. The molecule has 0 spiro atoms. The van der Waals surface area contributed by atoms with E-state index in [2.05, 4.69) is 17.2 Å². The third-order valence-corrected chi connectivity index (χ3v) is 5.70. The molecule has 2 aromatic rings. The predicted molar refractivity (Wildman–Crippen MR) is 102 cm³/mol. The van der Waals surface area contributed by atoms with Gasteiger partial charge in [-0.05, 0) is 42.9 Å². The van der Waals surface area contributed by atoms with Crippen LogP contribution in [0.2, 0.25) is 5.15 Å². The van der Waals surface area contributed by atoms with Crippen molar-refractivity contribution in [3.05, 3.63) is 45.1 Å². The van der Waals surface area contributed by atoms with E-state index in [1.807, 2.05) is 0 Å². The van der Waals surface area contributed by atoms with Crippen LogP contribution < -0.4 is 11.1 Å². The average molecular weight is 408 g/mol. The summed E-state index contributed by atoms with van der Waals surface area (Å²) in [6.45, 7) is 1.66. The molecule has 3 N–H and O–H groups in total. The molecule has 2 heterocycles. The van der Waals surface area contributed by atoms with Crippen molar-refractivity contribution in [1.82, 2.24) is 4.98 Å². The van der Waals surface area contributed by atoms with E-state index in [-0.39, 0.29) is 10.7 Å². The van der Waals surface area contributed by atoms with Crippen LogP contribution in [0.4, 0.5) is 5.00 Å². The SMILES string of the molecule is C[C@@H]1CCc2c(sc(NC(=O)COC(=O)c3ccc(Cl)nc3)c2C(N)=O)C1. The molecule has 142 valence electrons. The van der Waals surface area contributed by atoms with E-state index in [1.54, 1.807) is 0 Å². The van der Waals surface area contributed by atoms with Gasteiger partial charge in [-0.25, -0.2) is 9.78 Å². The van der Waals surface area contributed by atoms with Crippen LogP contribution in [0.3, 0.4) is 0 Å². The Morgan fingerprint density at radius 2 is 2.19 bits per heavy atom. The number of esters is 1. The first-order chi connectivity index (χ1) is 12.8. The number of anilines is 1. The normalized spacial score (nSPS) is 15.7. The topological polar surface area (TPSA) is 111 Å². The minimum Gasteiger partial charge on any atom is -0.452 e.